The fourth-order valence-corrected chi connectivity index (χ4v) is 3.35. The normalized spacial score (nSPS) is 15.5. The minimum atomic E-state index is -5.90. The van der Waals surface area contributed by atoms with Crippen LogP contribution in [0.25, 0.3) is 11.3 Å². The molecule has 0 unspecified atom stereocenters. The summed E-state index contributed by atoms with van der Waals surface area (Å²) in [5.41, 5.74) is -5.16. The predicted octanol–water partition coefficient (Wildman–Crippen LogP) is 4.72. The van der Waals surface area contributed by atoms with E-state index in [0.717, 1.165) is 6.07 Å². The first-order valence-electron chi connectivity index (χ1n) is 7.63. The van der Waals surface area contributed by atoms with Gasteiger partial charge in [0.25, 0.3) is 5.60 Å². The first kappa shape index (κ1) is 17.8. The number of aryl methyl sites for hydroxylation is 2. The van der Waals surface area contributed by atoms with Gasteiger partial charge in [-0.05, 0) is 31.4 Å². The average Bonchev–Trinajstić information content (AvgIpc) is 3.05. The minimum Gasteiger partial charge on any atom is -0.369 e. The number of aromatic nitrogens is 1. The van der Waals surface area contributed by atoms with Crippen LogP contribution in [-0.2, 0) is 18.6 Å². The third kappa shape index (κ3) is 2.54. The van der Waals surface area contributed by atoms with Gasteiger partial charge in [-0.2, -0.15) is 26.3 Å². The second-order valence-corrected chi connectivity index (χ2v) is 6.17. The third-order valence-corrected chi connectivity index (χ3v) is 4.61. The van der Waals surface area contributed by atoms with Crippen molar-refractivity contribution in [3.8, 4) is 11.3 Å². The van der Waals surface area contributed by atoms with Gasteiger partial charge in [0.2, 0.25) is 0 Å². The van der Waals surface area contributed by atoms with E-state index >= 15 is 0 Å². The zero-order valence-corrected chi connectivity index (χ0v) is 13.2. The molecule has 1 aliphatic heterocycles. The maximum atomic E-state index is 13.4. The highest BCUT2D eigenvalue weighted by molar-refractivity contribution is 5.70. The molecule has 1 aromatic carbocycles. The number of rotatable bonds is 2. The Morgan fingerprint density at radius 3 is 2.16 bits per heavy atom. The quantitative estimate of drug-likeness (QED) is 0.768. The van der Waals surface area contributed by atoms with Crippen LogP contribution in [0.1, 0.15) is 23.2 Å². The van der Waals surface area contributed by atoms with Crippen LogP contribution in [-0.4, -0.2) is 22.0 Å². The smallest absolute Gasteiger partial charge is 0.369 e. The molecule has 2 nitrogen and oxygen atoms in total. The minimum absolute atomic E-state index is 0.220. The van der Waals surface area contributed by atoms with E-state index in [-0.39, 0.29) is 11.3 Å². The Bertz CT molecular complexity index is 788. The van der Waals surface area contributed by atoms with Gasteiger partial charge in [0.15, 0.2) is 0 Å². The predicted molar refractivity (Wildman–Crippen MR) is 78.9 cm³/mol. The molecule has 3 rings (SSSR count). The molecule has 0 saturated carbocycles. The van der Waals surface area contributed by atoms with Gasteiger partial charge in [0, 0.05) is 23.4 Å². The molecule has 0 atom stereocenters. The fraction of sp³-hybridized carbons (Fsp3) is 0.412. The van der Waals surface area contributed by atoms with Crippen molar-refractivity contribution >= 4 is 0 Å². The Morgan fingerprint density at radius 1 is 1.00 bits per heavy atom. The topological polar surface area (TPSA) is 25.2 Å². The molecule has 1 aromatic heterocycles. The summed E-state index contributed by atoms with van der Waals surface area (Å²) < 4.78 is 81.6. The molecule has 2 heterocycles. The van der Waals surface area contributed by atoms with Crippen molar-refractivity contribution in [2.24, 2.45) is 0 Å². The van der Waals surface area contributed by atoms with Crippen LogP contribution in [0.4, 0.5) is 26.3 Å². The summed E-state index contributed by atoms with van der Waals surface area (Å²) in [6, 6.07) is 7.10. The van der Waals surface area contributed by atoms with Gasteiger partial charge in [0.05, 0.1) is 5.69 Å². The molecule has 25 heavy (non-hydrogen) atoms. The number of aliphatic hydroxyl groups is 1. The molecule has 0 radical (unpaired) electrons. The number of nitrogens with zero attached hydrogens (tertiary/aromatic N) is 1. The van der Waals surface area contributed by atoms with Crippen molar-refractivity contribution in [2.45, 2.75) is 44.3 Å². The van der Waals surface area contributed by atoms with E-state index < -0.39 is 23.5 Å². The Kier molecular flexibility index (Phi) is 3.94. The van der Waals surface area contributed by atoms with Crippen molar-refractivity contribution in [1.82, 2.24) is 4.57 Å². The first-order valence-corrected chi connectivity index (χ1v) is 7.63. The monoisotopic (exact) mass is 363 g/mol. The van der Waals surface area contributed by atoms with Crippen molar-refractivity contribution < 1.29 is 31.4 Å². The Labute approximate surface area is 139 Å². The molecule has 1 aliphatic rings. The van der Waals surface area contributed by atoms with Gasteiger partial charge in [-0.1, -0.05) is 24.3 Å². The van der Waals surface area contributed by atoms with Crippen LogP contribution in [0, 0.1) is 6.92 Å². The molecule has 0 amide bonds. The summed E-state index contributed by atoms with van der Waals surface area (Å²) in [5.74, 6) is 0. The molecule has 0 bridgehead atoms. The summed E-state index contributed by atoms with van der Waals surface area (Å²) in [6.45, 7) is 1.92. The van der Waals surface area contributed by atoms with E-state index in [1.807, 2.05) is 0 Å². The standard InChI is InChI=1S/C17H15F6NO/c1-10-5-2-3-7-12(10)14-13(9-11-6-4-8-24(11)14)15(25,16(18,19)20)17(21,22)23/h2-3,5,7,9,25H,4,6,8H2,1H3. The number of benzene rings is 1. The van der Waals surface area contributed by atoms with Crippen LogP contribution in [0.3, 0.4) is 0 Å². The maximum Gasteiger partial charge on any atom is 0.430 e. The lowest BCUT2D eigenvalue weighted by Gasteiger charge is -2.33. The lowest BCUT2D eigenvalue weighted by Crippen LogP contribution is -2.54. The largest absolute Gasteiger partial charge is 0.430 e. The Balaban J connectivity index is 2.37. The molecule has 0 aliphatic carbocycles. The summed E-state index contributed by atoms with van der Waals surface area (Å²) in [5, 5.41) is 9.88. The van der Waals surface area contributed by atoms with Gasteiger partial charge in [-0.25, -0.2) is 0 Å². The highest BCUT2D eigenvalue weighted by atomic mass is 19.4. The molecule has 2 aromatic rings. The maximum absolute atomic E-state index is 13.4. The fourth-order valence-electron chi connectivity index (χ4n) is 3.35. The van der Waals surface area contributed by atoms with E-state index in [4.69, 9.17) is 0 Å². The van der Waals surface area contributed by atoms with E-state index in [2.05, 4.69) is 0 Å². The van der Waals surface area contributed by atoms with Crippen LogP contribution >= 0.6 is 0 Å². The number of fused-ring (bicyclic) bond motifs is 1. The number of alkyl halides is 6. The van der Waals surface area contributed by atoms with Crippen LogP contribution in [0.2, 0.25) is 0 Å². The third-order valence-electron chi connectivity index (χ3n) is 4.61. The summed E-state index contributed by atoms with van der Waals surface area (Å²) in [6.07, 6.45) is -10.8. The average molecular weight is 363 g/mol. The van der Waals surface area contributed by atoms with E-state index in [1.54, 1.807) is 25.1 Å². The molecule has 0 saturated heterocycles. The molecular weight excluding hydrogens is 348 g/mol. The lowest BCUT2D eigenvalue weighted by atomic mass is 9.88. The van der Waals surface area contributed by atoms with Crippen molar-refractivity contribution in [1.29, 1.82) is 0 Å². The highest BCUT2D eigenvalue weighted by Gasteiger charge is 2.72. The molecule has 136 valence electrons. The molecular formula is C17H15F6NO. The van der Waals surface area contributed by atoms with Gasteiger partial charge in [0.1, 0.15) is 0 Å². The van der Waals surface area contributed by atoms with Gasteiger partial charge < -0.3 is 9.67 Å². The molecule has 0 spiro atoms. The summed E-state index contributed by atoms with van der Waals surface area (Å²) in [4.78, 5) is 0. The van der Waals surface area contributed by atoms with Crippen LogP contribution < -0.4 is 0 Å². The molecule has 1 N–H and O–H groups in total. The lowest BCUT2D eigenvalue weighted by molar-refractivity contribution is -0.376. The number of halogens is 6. The number of hydrogen-bond acceptors (Lipinski definition) is 1. The summed E-state index contributed by atoms with van der Waals surface area (Å²) >= 11 is 0. The SMILES string of the molecule is Cc1ccccc1-c1c(C(O)(C(F)(F)F)C(F)(F)F)cc2n1CCC2. The first-order chi connectivity index (χ1) is 11.5. The second kappa shape index (κ2) is 5.52. The van der Waals surface area contributed by atoms with E-state index in [0.29, 0.717) is 30.6 Å². The zero-order chi connectivity index (χ0) is 18.6. The Morgan fingerprint density at radius 2 is 1.60 bits per heavy atom. The molecule has 8 heteroatoms. The van der Waals surface area contributed by atoms with Gasteiger partial charge in [-0.3, -0.25) is 0 Å². The van der Waals surface area contributed by atoms with E-state index in [1.165, 1.54) is 10.6 Å². The van der Waals surface area contributed by atoms with Crippen molar-refractivity contribution in [3.05, 3.63) is 47.2 Å². The van der Waals surface area contributed by atoms with Gasteiger partial charge in [-0.15, -0.1) is 0 Å². The number of hydrogen-bond donors (Lipinski definition) is 1. The summed E-state index contributed by atoms with van der Waals surface area (Å²) in [7, 11) is 0. The zero-order valence-electron chi connectivity index (χ0n) is 13.2. The van der Waals surface area contributed by atoms with E-state index in [9.17, 15) is 31.4 Å². The highest BCUT2D eigenvalue weighted by Crippen LogP contribution is 2.53. The van der Waals surface area contributed by atoms with Gasteiger partial charge >= 0.3 is 12.4 Å². The second-order valence-electron chi connectivity index (χ2n) is 6.17. The van der Waals surface area contributed by atoms with Crippen LogP contribution in [0.5, 0.6) is 0 Å². The van der Waals surface area contributed by atoms with Crippen molar-refractivity contribution in [3.63, 3.8) is 0 Å². The Hall–Kier alpha value is -1.96. The van der Waals surface area contributed by atoms with Crippen molar-refractivity contribution in [2.75, 3.05) is 0 Å². The molecule has 0 fully saturated rings. The van der Waals surface area contributed by atoms with Crippen LogP contribution in [0.15, 0.2) is 30.3 Å².